The summed E-state index contributed by atoms with van der Waals surface area (Å²) in [5.74, 6) is -0.283. The molecule has 2 aliphatic heterocycles. The second-order valence-corrected chi connectivity index (χ2v) is 9.63. The minimum Gasteiger partial charge on any atom is -0.449 e. The highest BCUT2D eigenvalue weighted by Crippen LogP contribution is 2.24. The molecule has 0 aromatic heterocycles. The van der Waals surface area contributed by atoms with Gasteiger partial charge in [0.05, 0.1) is 10.5 Å². The van der Waals surface area contributed by atoms with Crippen LogP contribution in [0.1, 0.15) is 49.9 Å². The number of rotatable bonds is 5. The lowest BCUT2D eigenvalue weighted by molar-refractivity contribution is -0.138. The highest BCUT2D eigenvalue weighted by molar-refractivity contribution is 7.89. The van der Waals surface area contributed by atoms with Crippen LogP contribution in [0, 0.1) is 5.92 Å². The third-order valence-corrected chi connectivity index (χ3v) is 7.43. The van der Waals surface area contributed by atoms with Crippen molar-refractivity contribution in [2.24, 2.45) is 5.92 Å². The molecule has 2 fully saturated rings. The number of likely N-dealkylation sites (tertiary alicyclic amines) is 1. The van der Waals surface area contributed by atoms with Crippen LogP contribution in [0.15, 0.2) is 29.2 Å². The highest BCUT2D eigenvalue weighted by Gasteiger charge is 2.29. The molecule has 154 valence electrons. The van der Waals surface area contributed by atoms with Gasteiger partial charge in [-0.2, -0.15) is 4.31 Å². The van der Waals surface area contributed by atoms with Crippen LogP contribution in [0.3, 0.4) is 0 Å². The molecule has 28 heavy (non-hydrogen) atoms. The number of carbonyl (C=O) groups is 2. The number of piperidine rings is 1. The Hall–Kier alpha value is -1.93. The van der Waals surface area contributed by atoms with Crippen LogP contribution in [0.2, 0.25) is 0 Å². The van der Waals surface area contributed by atoms with Gasteiger partial charge in [0.25, 0.3) is 5.91 Å². The number of hydrogen-bond acceptors (Lipinski definition) is 5. The van der Waals surface area contributed by atoms with Crippen molar-refractivity contribution >= 4 is 21.9 Å². The van der Waals surface area contributed by atoms with Crippen LogP contribution < -0.4 is 0 Å². The van der Waals surface area contributed by atoms with Gasteiger partial charge in [-0.3, -0.25) is 4.79 Å². The minimum atomic E-state index is -3.56. The third-order valence-electron chi connectivity index (χ3n) is 5.52. The summed E-state index contributed by atoms with van der Waals surface area (Å²) in [6.45, 7) is 6.12. The van der Waals surface area contributed by atoms with Gasteiger partial charge in [0, 0.05) is 26.2 Å². The fourth-order valence-corrected chi connectivity index (χ4v) is 5.08. The van der Waals surface area contributed by atoms with Gasteiger partial charge in [-0.15, -0.1) is 0 Å². The number of benzene rings is 1. The molecule has 1 aromatic carbocycles. The number of ether oxygens (including phenoxy) is 1. The molecule has 1 aromatic rings. The quantitative estimate of drug-likeness (QED) is 0.698. The Kier molecular flexibility index (Phi) is 6.40. The molecule has 0 aliphatic carbocycles. The number of hydrogen-bond donors (Lipinski definition) is 0. The van der Waals surface area contributed by atoms with Crippen molar-refractivity contribution in [1.82, 2.24) is 9.21 Å². The molecule has 0 radical (unpaired) electrons. The van der Waals surface area contributed by atoms with Gasteiger partial charge < -0.3 is 9.64 Å². The lowest BCUT2D eigenvalue weighted by Crippen LogP contribution is -2.38. The molecule has 2 aliphatic rings. The normalized spacial score (nSPS) is 20.1. The highest BCUT2D eigenvalue weighted by atomic mass is 32.2. The van der Waals surface area contributed by atoms with E-state index in [2.05, 4.69) is 6.92 Å². The predicted molar refractivity (Wildman–Crippen MR) is 104 cm³/mol. The summed E-state index contributed by atoms with van der Waals surface area (Å²) in [5, 5.41) is 0. The number of sulfonamides is 1. The first-order chi connectivity index (χ1) is 13.3. The Morgan fingerprint density at radius 2 is 1.61 bits per heavy atom. The molecule has 2 heterocycles. The molecule has 0 unspecified atom stereocenters. The Morgan fingerprint density at radius 1 is 1.04 bits per heavy atom. The maximum Gasteiger partial charge on any atom is 0.338 e. The number of carbonyl (C=O) groups excluding carboxylic acids is 2. The second-order valence-electron chi connectivity index (χ2n) is 7.69. The van der Waals surface area contributed by atoms with Crippen LogP contribution in [0.25, 0.3) is 0 Å². The van der Waals surface area contributed by atoms with Gasteiger partial charge in [0.15, 0.2) is 6.10 Å². The van der Waals surface area contributed by atoms with Crippen LogP contribution in [0.5, 0.6) is 0 Å². The molecule has 0 spiro atoms. The van der Waals surface area contributed by atoms with Gasteiger partial charge in [-0.25, -0.2) is 13.2 Å². The average Bonchev–Trinajstić information content (AvgIpc) is 3.22. The maximum absolute atomic E-state index is 12.7. The van der Waals surface area contributed by atoms with Crippen molar-refractivity contribution < 1.29 is 22.7 Å². The van der Waals surface area contributed by atoms with E-state index in [9.17, 15) is 18.0 Å². The maximum atomic E-state index is 12.7. The monoisotopic (exact) mass is 408 g/mol. The van der Waals surface area contributed by atoms with Gasteiger partial charge >= 0.3 is 5.97 Å². The van der Waals surface area contributed by atoms with E-state index in [4.69, 9.17) is 4.74 Å². The Bertz CT molecular complexity index is 808. The molecule has 0 bridgehead atoms. The van der Waals surface area contributed by atoms with Crippen molar-refractivity contribution in [2.45, 2.75) is 50.5 Å². The van der Waals surface area contributed by atoms with Crippen molar-refractivity contribution in [3.63, 3.8) is 0 Å². The van der Waals surface area contributed by atoms with Crippen molar-refractivity contribution in [3.8, 4) is 0 Å². The van der Waals surface area contributed by atoms with Crippen LogP contribution in [-0.2, 0) is 19.6 Å². The van der Waals surface area contributed by atoms with Crippen molar-refractivity contribution in [1.29, 1.82) is 0 Å². The topological polar surface area (TPSA) is 84.0 Å². The smallest absolute Gasteiger partial charge is 0.338 e. The van der Waals surface area contributed by atoms with Crippen molar-refractivity contribution in [3.05, 3.63) is 29.8 Å². The van der Waals surface area contributed by atoms with Gasteiger partial charge in [0.1, 0.15) is 0 Å². The van der Waals surface area contributed by atoms with E-state index < -0.39 is 22.1 Å². The summed E-state index contributed by atoms with van der Waals surface area (Å²) in [4.78, 5) is 26.4. The molecule has 0 N–H and O–H groups in total. The van der Waals surface area contributed by atoms with Gasteiger partial charge in [0.2, 0.25) is 10.0 Å². The van der Waals surface area contributed by atoms with Crippen LogP contribution in [-0.4, -0.2) is 61.8 Å². The fraction of sp³-hybridized carbons (Fsp3) is 0.600. The number of nitrogens with zero attached hydrogens (tertiary/aromatic N) is 2. The van der Waals surface area contributed by atoms with E-state index in [0.29, 0.717) is 32.1 Å². The molecule has 1 atom stereocenters. The summed E-state index contributed by atoms with van der Waals surface area (Å²) in [6.07, 6.45) is 2.79. The molecule has 0 saturated carbocycles. The Morgan fingerprint density at radius 3 is 2.18 bits per heavy atom. The molecule has 2 saturated heterocycles. The standard InChI is InChI=1S/C20H28N2O5S/c1-15-9-13-22(14-10-15)28(25,26)18-7-5-17(6-8-18)20(24)27-16(2)19(23)21-11-3-4-12-21/h5-8,15-16H,3-4,9-14H2,1-2H3/t16-/m0/s1. The molecule has 3 rings (SSSR count). The average molecular weight is 409 g/mol. The largest absolute Gasteiger partial charge is 0.449 e. The zero-order chi connectivity index (χ0) is 20.3. The number of amides is 1. The zero-order valence-electron chi connectivity index (χ0n) is 16.5. The Balaban J connectivity index is 1.63. The van der Waals surface area contributed by atoms with E-state index in [0.717, 1.165) is 25.7 Å². The first-order valence-electron chi connectivity index (χ1n) is 9.89. The molecular formula is C20H28N2O5S. The minimum absolute atomic E-state index is 0.166. The third kappa shape index (κ3) is 4.55. The van der Waals surface area contributed by atoms with E-state index in [-0.39, 0.29) is 16.4 Å². The van der Waals surface area contributed by atoms with E-state index in [1.807, 2.05) is 0 Å². The second kappa shape index (κ2) is 8.61. The first-order valence-corrected chi connectivity index (χ1v) is 11.3. The molecular weight excluding hydrogens is 380 g/mol. The molecule has 8 heteroatoms. The SMILES string of the molecule is CC1CCN(S(=O)(=O)c2ccc(C(=O)O[C@@H](C)C(=O)N3CCCC3)cc2)CC1. The summed E-state index contributed by atoms with van der Waals surface area (Å²) in [5.41, 5.74) is 0.229. The number of esters is 1. The molecule has 1 amide bonds. The summed E-state index contributed by atoms with van der Waals surface area (Å²) in [6, 6.07) is 5.73. The predicted octanol–water partition coefficient (Wildman–Crippen LogP) is 2.27. The van der Waals surface area contributed by atoms with Crippen molar-refractivity contribution in [2.75, 3.05) is 26.2 Å². The molecule has 7 nitrogen and oxygen atoms in total. The first kappa shape index (κ1) is 20.8. The summed E-state index contributed by atoms with van der Waals surface area (Å²) in [7, 11) is -3.56. The lowest BCUT2D eigenvalue weighted by Gasteiger charge is -2.29. The summed E-state index contributed by atoms with van der Waals surface area (Å²) >= 11 is 0. The van der Waals surface area contributed by atoms with E-state index >= 15 is 0 Å². The van der Waals surface area contributed by atoms with E-state index in [1.54, 1.807) is 11.8 Å². The Labute approximate surface area is 166 Å². The lowest BCUT2D eigenvalue weighted by atomic mass is 10.0. The van der Waals surface area contributed by atoms with Gasteiger partial charge in [-0.1, -0.05) is 6.92 Å². The van der Waals surface area contributed by atoms with Crippen LogP contribution >= 0.6 is 0 Å². The zero-order valence-corrected chi connectivity index (χ0v) is 17.3. The fourth-order valence-electron chi connectivity index (χ4n) is 3.61. The van der Waals surface area contributed by atoms with Crippen LogP contribution in [0.4, 0.5) is 0 Å². The van der Waals surface area contributed by atoms with E-state index in [1.165, 1.54) is 28.6 Å². The van der Waals surface area contributed by atoms with Gasteiger partial charge in [-0.05, 0) is 62.8 Å². The summed E-state index contributed by atoms with van der Waals surface area (Å²) < 4.78 is 32.3.